The van der Waals surface area contributed by atoms with E-state index in [4.69, 9.17) is 4.74 Å². The van der Waals surface area contributed by atoms with Gasteiger partial charge in [-0.3, -0.25) is 13.8 Å². The number of nitrogens with zero attached hydrogens (tertiary/aromatic N) is 6. The predicted octanol–water partition coefficient (Wildman–Crippen LogP) is 1.93. The summed E-state index contributed by atoms with van der Waals surface area (Å²) >= 11 is 0. The monoisotopic (exact) mass is 368 g/mol. The first kappa shape index (κ1) is 16.1. The van der Waals surface area contributed by atoms with Crippen LogP contribution in [-0.2, 0) is 17.4 Å². The predicted molar refractivity (Wildman–Crippen MR) is 95.4 cm³/mol. The van der Waals surface area contributed by atoms with Crippen LogP contribution in [0.3, 0.4) is 0 Å². The molecule has 138 valence electrons. The molecule has 0 saturated carbocycles. The van der Waals surface area contributed by atoms with Gasteiger partial charge in [0.1, 0.15) is 23.4 Å². The van der Waals surface area contributed by atoms with Crippen LogP contribution in [0.2, 0.25) is 0 Å². The van der Waals surface area contributed by atoms with E-state index in [1.165, 1.54) is 15.3 Å². The maximum Gasteiger partial charge on any atom is 0.264 e. The molecule has 1 saturated heterocycles. The Hall–Kier alpha value is -3.07. The van der Waals surface area contributed by atoms with Crippen LogP contribution in [0, 0.1) is 5.82 Å². The van der Waals surface area contributed by atoms with Gasteiger partial charge >= 0.3 is 0 Å². The van der Waals surface area contributed by atoms with E-state index in [0.717, 1.165) is 18.5 Å². The van der Waals surface area contributed by atoms with Crippen molar-refractivity contribution in [1.82, 2.24) is 28.9 Å². The van der Waals surface area contributed by atoms with Crippen LogP contribution in [0.1, 0.15) is 25.5 Å². The topological polar surface area (TPSA) is 79.2 Å². The Bertz CT molecular complexity index is 1250. The fourth-order valence-corrected chi connectivity index (χ4v) is 3.76. The van der Waals surface area contributed by atoms with E-state index in [2.05, 4.69) is 15.3 Å². The third-order valence-electron chi connectivity index (χ3n) is 5.28. The molecule has 1 aliphatic heterocycles. The Morgan fingerprint density at radius 2 is 2.19 bits per heavy atom. The molecule has 27 heavy (non-hydrogen) atoms. The van der Waals surface area contributed by atoms with Gasteiger partial charge in [-0.1, -0.05) is 11.3 Å². The number of imidazole rings is 1. The van der Waals surface area contributed by atoms with E-state index in [1.807, 2.05) is 6.92 Å². The molecule has 1 atom stereocenters. The summed E-state index contributed by atoms with van der Waals surface area (Å²) in [6, 6.07) is 4.54. The van der Waals surface area contributed by atoms with Crippen molar-refractivity contribution in [3.63, 3.8) is 0 Å². The van der Waals surface area contributed by atoms with Gasteiger partial charge in [0.15, 0.2) is 11.5 Å². The highest BCUT2D eigenvalue weighted by Crippen LogP contribution is 2.34. The van der Waals surface area contributed by atoms with Gasteiger partial charge in [0, 0.05) is 13.7 Å². The van der Waals surface area contributed by atoms with Crippen molar-refractivity contribution in [2.24, 2.45) is 7.05 Å². The van der Waals surface area contributed by atoms with E-state index in [-0.39, 0.29) is 5.39 Å². The fraction of sp³-hybridized carbons (Fsp3) is 0.333. The average Bonchev–Trinajstić information content (AvgIpc) is 3.38. The largest absolute Gasteiger partial charge is 0.369 e. The van der Waals surface area contributed by atoms with Crippen molar-refractivity contribution in [3.8, 4) is 5.82 Å². The molecule has 1 fully saturated rings. The van der Waals surface area contributed by atoms with Gasteiger partial charge < -0.3 is 4.74 Å². The summed E-state index contributed by atoms with van der Waals surface area (Å²) in [6.07, 6.45) is 5.18. The van der Waals surface area contributed by atoms with E-state index in [9.17, 15) is 9.18 Å². The molecule has 0 aliphatic carbocycles. The summed E-state index contributed by atoms with van der Waals surface area (Å²) in [4.78, 5) is 17.1. The van der Waals surface area contributed by atoms with Gasteiger partial charge in [-0.25, -0.2) is 9.37 Å². The molecule has 0 radical (unpaired) electrons. The summed E-state index contributed by atoms with van der Waals surface area (Å²) in [5.74, 6) is -0.110. The molecular weight excluding hydrogens is 351 g/mol. The minimum absolute atomic E-state index is 0.0302. The van der Waals surface area contributed by atoms with Crippen molar-refractivity contribution >= 4 is 16.6 Å². The van der Waals surface area contributed by atoms with Gasteiger partial charge in [0.25, 0.3) is 5.56 Å². The molecule has 0 bridgehead atoms. The smallest absolute Gasteiger partial charge is 0.264 e. The summed E-state index contributed by atoms with van der Waals surface area (Å²) < 4.78 is 24.6. The first-order chi connectivity index (χ1) is 13.0. The third-order valence-corrected chi connectivity index (χ3v) is 5.28. The SMILES string of the molecule is Cn1c(=O)c2c(F)cccc2n2cnc(-n3cc(C4(C)CCCO4)nn3)c12. The van der Waals surface area contributed by atoms with E-state index in [0.29, 0.717) is 23.6 Å². The Balaban J connectivity index is 1.75. The second-order valence-corrected chi connectivity index (χ2v) is 6.99. The van der Waals surface area contributed by atoms with Gasteiger partial charge in [0.2, 0.25) is 0 Å². The van der Waals surface area contributed by atoms with Crippen molar-refractivity contribution < 1.29 is 9.13 Å². The number of fused-ring (bicyclic) bond motifs is 3. The molecule has 0 amide bonds. The van der Waals surface area contributed by atoms with Crippen molar-refractivity contribution in [3.05, 3.63) is 52.6 Å². The van der Waals surface area contributed by atoms with Crippen LogP contribution in [0.5, 0.6) is 0 Å². The summed E-state index contributed by atoms with van der Waals surface area (Å²) in [7, 11) is 1.59. The Labute approximate surface area is 152 Å². The number of aryl methyl sites for hydroxylation is 1. The standard InChI is InChI=1S/C18H17FN6O2/c1-18(7-4-8-27-18)13-9-25(22-21-13)15-16-23(2)17(26)14-11(19)5-3-6-12(14)24(16)10-20-15/h3,5-6,9-10H,4,7-8H2,1-2H3. The minimum atomic E-state index is -0.556. The maximum absolute atomic E-state index is 14.2. The number of benzene rings is 1. The average molecular weight is 368 g/mol. The lowest BCUT2D eigenvalue weighted by Gasteiger charge is -2.19. The quantitative estimate of drug-likeness (QED) is 0.540. The molecule has 8 nitrogen and oxygen atoms in total. The molecule has 1 unspecified atom stereocenters. The molecule has 4 heterocycles. The molecule has 0 N–H and O–H groups in total. The van der Waals surface area contributed by atoms with Crippen LogP contribution in [-0.4, -0.2) is 35.6 Å². The molecule has 9 heteroatoms. The van der Waals surface area contributed by atoms with Crippen molar-refractivity contribution in [2.45, 2.75) is 25.4 Å². The van der Waals surface area contributed by atoms with Gasteiger partial charge in [-0.05, 0) is 31.9 Å². The van der Waals surface area contributed by atoms with E-state index in [1.54, 1.807) is 36.1 Å². The fourth-order valence-electron chi connectivity index (χ4n) is 3.76. The van der Waals surface area contributed by atoms with E-state index >= 15 is 0 Å². The van der Waals surface area contributed by atoms with Crippen molar-refractivity contribution in [1.29, 1.82) is 0 Å². The third kappa shape index (κ3) is 2.18. The molecular formula is C18H17FN6O2. The zero-order chi connectivity index (χ0) is 18.8. The van der Waals surface area contributed by atoms with Gasteiger partial charge in [-0.2, -0.15) is 4.68 Å². The first-order valence-corrected chi connectivity index (χ1v) is 8.71. The second-order valence-electron chi connectivity index (χ2n) is 6.99. The summed E-state index contributed by atoms with van der Waals surface area (Å²) in [5, 5.41) is 8.47. The highest BCUT2D eigenvalue weighted by molar-refractivity contribution is 5.82. The lowest BCUT2D eigenvalue weighted by Crippen LogP contribution is -2.21. The van der Waals surface area contributed by atoms with Crippen LogP contribution in [0.25, 0.3) is 22.4 Å². The lowest BCUT2D eigenvalue weighted by atomic mass is 10.00. The molecule has 4 aromatic rings. The molecule has 3 aromatic heterocycles. The molecule has 1 aliphatic rings. The van der Waals surface area contributed by atoms with Crippen LogP contribution >= 0.6 is 0 Å². The molecule has 1 aromatic carbocycles. The number of ether oxygens (including phenoxy) is 1. The Morgan fingerprint density at radius 3 is 2.96 bits per heavy atom. The van der Waals surface area contributed by atoms with Crippen LogP contribution in [0.4, 0.5) is 4.39 Å². The Kier molecular flexibility index (Phi) is 3.26. The zero-order valence-corrected chi connectivity index (χ0v) is 14.9. The first-order valence-electron chi connectivity index (χ1n) is 8.71. The van der Waals surface area contributed by atoms with Crippen LogP contribution in [0.15, 0.2) is 35.5 Å². The highest BCUT2D eigenvalue weighted by atomic mass is 19.1. The minimum Gasteiger partial charge on any atom is -0.369 e. The number of hydrogen-bond donors (Lipinski definition) is 0. The number of aromatic nitrogens is 6. The summed E-state index contributed by atoms with van der Waals surface area (Å²) in [6.45, 7) is 2.69. The number of rotatable bonds is 2. The van der Waals surface area contributed by atoms with Gasteiger partial charge in [0.05, 0.1) is 17.1 Å². The lowest BCUT2D eigenvalue weighted by molar-refractivity contribution is 0.0131. The normalized spacial score (nSPS) is 20.1. The van der Waals surface area contributed by atoms with Crippen molar-refractivity contribution in [2.75, 3.05) is 6.61 Å². The van der Waals surface area contributed by atoms with Crippen LogP contribution < -0.4 is 5.56 Å². The summed E-state index contributed by atoms with van der Waals surface area (Å²) in [5.41, 5.74) is 0.794. The number of halogens is 1. The maximum atomic E-state index is 14.2. The Morgan fingerprint density at radius 1 is 1.33 bits per heavy atom. The van der Waals surface area contributed by atoms with E-state index < -0.39 is 17.0 Å². The zero-order valence-electron chi connectivity index (χ0n) is 14.9. The molecule has 5 rings (SSSR count). The second kappa shape index (κ2) is 5.46. The van der Waals surface area contributed by atoms with Gasteiger partial charge in [-0.15, -0.1) is 5.10 Å². The highest BCUT2D eigenvalue weighted by Gasteiger charge is 2.35. The number of hydrogen-bond acceptors (Lipinski definition) is 5. The molecule has 0 spiro atoms.